The molecule has 0 aromatic heterocycles. The zero-order valence-electron chi connectivity index (χ0n) is 29.2. The summed E-state index contributed by atoms with van der Waals surface area (Å²) in [6.07, 6.45) is -45.3. The van der Waals surface area contributed by atoms with Gasteiger partial charge < -0.3 is 129 Å². The van der Waals surface area contributed by atoms with E-state index >= 15 is 0 Å². The Morgan fingerprint density at radius 2 is 0.625 bits per heavy atom. The zero-order valence-corrected chi connectivity index (χ0v) is 29.2. The predicted octanol–water partition coefficient (Wildman–Crippen LogP) is -11.9. The predicted molar refractivity (Wildman–Crippen MR) is 167 cm³/mol. The van der Waals surface area contributed by atoms with E-state index in [4.69, 9.17) is 42.6 Å². The molecule has 0 aromatic rings. The Morgan fingerprint density at radius 3 is 1.07 bits per heavy atom. The van der Waals surface area contributed by atoms with Crippen LogP contribution >= 0.6 is 0 Å². The maximum Gasteiger partial charge on any atom is 0.187 e. The molecule has 25 atom stereocenters. The second-order valence-electron chi connectivity index (χ2n) is 14.0. The standard InChI is InChI=1S/C30H52O26/c31-1-6-11(35)13(37)19(43)28(50-6)55-24-8(3-33)51-27(21(45)16(24)40)48-5-10-12(36)14(38)20(44)29(53-10)56-25-9(4-34)52-30(22(46)17(25)41)54-23-7(2-32)49-26(47)18(42)15(23)39/h6-47H,1-5H2/t6-,7-,8-,9-,10-,11-,12-,13+,14+,15-,16-,17-,18-,19-,20-,21-,22-,23-,24-,25-,26?,27+,28-,29-,30-/m1/s1. The highest BCUT2D eigenvalue weighted by Gasteiger charge is 2.55. The lowest BCUT2D eigenvalue weighted by Crippen LogP contribution is -2.66. The fourth-order valence-corrected chi connectivity index (χ4v) is 6.93. The molecule has 0 aliphatic carbocycles. The van der Waals surface area contributed by atoms with Gasteiger partial charge in [-0.15, -0.1) is 0 Å². The Morgan fingerprint density at radius 1 is 0.304 bits per heavy atom. The minimum Gasteiger partial charge on any atom is -0.394 e. The first-order valence-electron chi connectivity index (χ1n) is 17.6. The maximum absolute atomic E-state index is 11.0. The minimum atomic E-state index is -2.06. The Kier molecular flexibility index (Phi) is 16.1. The maximum atomic E-state index is 11.0. The summed E-state index contributed by atoms with van der Waals surface area (Å²) in [5, 5.41) is 175. The smallest absolute Gasteiger partial charge is 0.187 e. The molecule has 5 rings (SSSR count). The normalized spacial score (nSPS) is 53.2. The molecule has 17 N–H and O–H groups in total. The first-order chi connectivity index (χ1) is 26.5. The van der Waals surface area contributed by atoms with Crippen LogP contribution in [0.2, 0.25) is 0 Å². The second-order valence-corrected chi connectivity index (χ2v) is 14.0. The van der Waals surface area contributed by atoms with E-state index in [2.05, 4.69) is 0 Å². The number of aliphatic hydroxyl groups excluding tert-OH is 17. The van der Waals surface area contributed by atoms with Crippen LogP contribution in [0, 0.1) is 0 Å². The van der Waals surface area contributed by atoms with Gasteiger partial charge >= 0.3 is 0 Å². The molecule has 26 nitrogen and oxygen atoms in total. The first kappa shape index (κ1) is 46.0. The van der Waals surface area contributed by atoms with E-state index in [0.29, 0.717) is 0 Å². The Labute approximate surface area is 316 Å². The van der Waals surface area contributed by atoms with Gasteiger partial charge in [0.15, 0.2) is 31.5 Å². The molecule has 0 bridgehead atoms. The van der Waals surface area contributed by atoms with Crippen molar-refractivity contribution in [3.05, 3.63) is 0 Å². The molecular formula is C30H52O26. The van der Waals surface area contributed by atoms with Crippen LogP contribution in [0.15, 0.2) is 0 Å². The van der Waals surface area contributed by atoms with Crippen molar-refractivity contribution in [1.82, 2.24) is 0 Å². The Bertz CT molecular complexity index is 1200. The summed E-state index contributed by atoms with van der Waals surface area (Å²) in [5.41, 5.74) is 0. The number of hydrogen-bond donors (Lipinski definition) is 17. The topological polar surface area (TPSA) is 427 Å². The summed E-state index contributed by atoms with van der Waals surface area (Å²) in [4.78, 5) is 0. The van der Waals surface area contributed by atoms with Gasteiger partial charge in [-0.25, -0.2) is 0 Å². The molecule has 0 radical (unpaired) electrons. The van der Waals surface area contributed by atoms with E-state index < -0.39 is 187 Å². The van der Waals surface area contributed by atoms with Crippen LogP contribution in [0.1, 0.15) is 0 Å². The largest absolute Gasteiger partial charge is 0.394 e. The van der Waals surface area contributed by atoms with E-state index in [1.807, 2.05) is 0 Å². The number of hydrogen-bond acceptors (Lipinski definition) is 26. The molecule has 1 unspecified atom stereocenters. The van der Waals surface area contributed by atoms with Gasteiger partial charge in [-0.1, -0.05) is 0 Å². The van der Waals surface area contributed by atoms with E-state index in [1.165, 1.54) is 0 Å². The number of aliphatic hydroxyl groups is 17. The third-order valence-electron chi connectivity index (χ3n) is 10.3. The lowest BCUT2D eigenvalue weighted by molar-refractivity contribution is -0.382. The van der Waals surface area contributed by atoms with E-state index in [1.54, 1.807) is 0 Å². The quantitative estimate of drug-likeness (QED) is 0.0819. The SMILES string of the molecule is OC[C@H]1O[C@H](O[C@H]2[C@H](O)[C@@H](O)[C@@H](OC[C@H]3O[C@H](O[C@H]4[C@H](O)[C@@H](O)[C@@H](O[C@H]5[C@H](O)[C@@H](O)C(O)O[C@@H]5CO)O[C@@H]4CO)[C@H](O)[C@@H](O)[C@@H]3O)O[C@@H]2CO)[C@H](O)[C@@H](O)[C@@H]1O. The highest BCUT2D eigenvalue weighted by molar-refractivity contribution is 4.98. The summed E-state index contributed by atoms with van der Waals surface area (Å²) in [6, 6.07) is 0. The van der Waals surface area contributed by atoms with E-state index in [-0.39, 0.29) is 0 Å². The molecule has 5 aliphatic rings. The average Bonchev–Trinajstić information content (AvgIpc) is 3.19. The van der Waals surface area contributed by atoms with Crippen LogP contribution in [0.3, 0.4) is 0 Å². The zero-order chi connectivity index (χ0) is 41.3. The molecule has 5 aliphatic heterocycles. The van der Waals surface area contributed by atoms with Crippen molar-refractivity contribution in [2.45, 2.75) is 154 Å². The van der Waals surface area contributed by atoms with Crippen molar-refractivity contribution in [3.8, 4) is 0 Å². The van der Waals surface area contributed by atoms with Crippen LogP contribution in [0.4, 0.5) is 0 Å². The molecule has 0 spiro atoms. The van der Waals surface area contributed by atoms with Gasteiger partial charge in [0, 0.05) is 0 Å². The molecule has 56 heavy (non-hydrogen) atoms. The third kappa shape index (κ3) is 9.31. The highest BCUT2D eigenvalue weighted by Crippen LogP contribution is 2.34. The minimum absolute atomic E-state index is 0.792. The lowest BCUT2D eigenvalue weighted by Gasteiger charge is -2.48. The summed E-state index contributed by atoms with van der Waals surface area (Å²) in [7, 11) is 0. The molecule has 5 heterocycles. The van der Waals surface area contributed by atoms with Crippen molar-refractivity contribution in [1.29, 1.82) is 0 Å². The molecule has 5 saturated heterocycles. The van der Waals surface area contributed by atoms with Crippen LogP contribution in [-0.4, -0.2) is 273 Å². The summed E-state index contributed by atoms with van der Waals surface area (Å²) >= 11 is 0. The van der Waals surface area contributed by atoms with Crippen molar-refractivity contribution in [3.63, 3.8) is 0 Å². The van der Waals surface area contributed by atoms with E-state index in [9.17, 15) is 86.8 Å². The van der Waals surface area contributed by atoms with Gasteiger partial charge in [-0.2, -0.15) is 0 Å². The summed E-state index contributed by atoms with van der Waals surface area (Å²) in [5.74, 6) is 0. The van der Waals surface area contributed by atoms with Crippen molar-refractivity contribution >= 4 is 0 Å². The van der Waals surface area contributed by atoms with Gasteiger partial charge in [0.1, 0.15) is 122 Å². The fourth-order valence-electron chi connectivity index (χ4n) is 6.93. The van der Waals surface area contributed by atoms with Crippen molar-refractivity contribution < 1.29 is 129 Å². The first-order valence-corrected chi connectivity index (χ1v) is 17.6. The average molecular weight is 829 g/mol. The van der Waals surface area contributed by atoms with Crippen LogP contribution in [-0.2, 0) is 42.6 Å². The summed E-state index contributed by atoms with van der Waals surface area (Å²) < 4.78 is 48.9. The molecule has 0 aromatic carbocycles. The molecule has 0 saturated carbocycles. The third-order valence-corrected chi connectivity index (χ3v) is 10.3. The summed E-state index contributed by atoms with van der Waals surface area (Å²) in [6.45, 7) is -4.27. The lowest BCUT2D eigenvalue weighted by atomic mass is 9.96. The Hall–Kier alpha value is -1.04. The van der Waals surface area contributed by atoms with Gasteiger partial charge in [0.2, 0.25) is 0 Å². The van der Waals surface area contributed by atoms with Gasteiger partial charge in [0.05, 0.1) is 33.0 Å². The highest BCUT2D eigenvalue weighted by atomic mass is 16.8. The molecular weight excluding hydrogens is 776 g/mol. The van der Waals surface area contributed by atoms with Gasteiger partial charge in [-0.3, -0.25) is 0 Å². The van der Waals surface area contributed by atoms with Gasteiger partial charge in [0.25, 0.3) is 0 Å². The van der Waals surface area contributed by atoms with Crippen LogP contribution in [0.5, 0.6) is 0 Å². The van der Waals surface area contributed by atoms with Crippen LogP contribution in [0.25, 0.3) is 0 Å². The van der Waals surface area contributed by atoms with Crippen molar-refractivity contribution in [2.24, 2.45) is 0 Å². The second kappa shape index (κ2) is 19.6. The van der Waals surface area contributed by atoms with Crippen molar-refractivity contribution in [2.75, 3.05) is 33.0 Å². The monoisotopic (exact) mass is 828 g/mol. The fraction of sp³-hybridized carbons (Fsp3) is 1.00. The molecule has 26 heteroatoms. The molecule has 0 amide bonds. The molecule has 328 valence electrons. The van der Waals surface area contributed by atoms with Crippen LogP contribution < -0.4 is 0 Å². The number of ether oxygens (including phenoxy) is 9. The molecule has 5 fully saturated rings. The van der Waals surface area contributed by atoms with E-state index in [0.717, 1.165) is 0 Å². The van der Waals surface area contributed by atoms with Gasteiger partial charge in [-0.05, 0) is 0 Å². The Balaban J connectivity index is 1.21. The number of rotatable bonds is 13.